The summed E-state index contributed by atoms with van der Waals surface area (Å²) in [4.78, 5) is 12.8. The fourth-order valence-corrected chi connectivity index (χ4v) is 2.75. The number of fused-ring (bicyclic) bond motifs is 1. The Kier molecular flexibility index (Phi) is 3.33. The van der Waals surface area contributed by atoms with Gasteiger partial charge in [-0.1, -0.05) is 23.5 Å². The van der Waals surface area contributed by atoms with Crippen molar-refractivity contribution in [1.82, 2.24) is 9.97 Å². The Morgan fingerprint density at radius 3 is 2.71 bits per heavy atom. The van der Waals surface area contributed by atoms with Gasteiger partial charge in [-0.3, -0.25) is 10.4 Å². The van der Waals surface area contributed by atoms with Gasteiger partial charge >= 0.3 is 0 Å². The van der Waals surface area contributed by atoms with Crippen molar-refractivity contribution in [3.63, 3.8) is 0 Å². The summed E-state index contributed by atoms with van der Waals surface area (Å²) in [5.41, 5.74) is 13.2. The van der Waals surface area contributed by atoms with Crippen molar-refractivity contribution < 1.29 is 0 Å². The van der Waals surface area contributed by atoms with E-state index in [4.69, 9.17) is 16.9 Å². The van der Waals surface area contributed by atoms with Crippen LogP contribution in [0.3, 0.4) is 0 Å². The molecule has 3 rings (SSSR count). The lowest BCUT2D eigenvalue weighted by Crippen LogP contribution is -2.22. The van der Waals surface area contributed by atoms with Gasteiger partial charge in [-0.05, 0) is 24.3 Å². The second kappa shape index (κ2) is 5.29. The van der Waals surface area contributed by atoms with Gasteiger partial charge in [0.2, 0.25) is 5.13 Å². The highest BCUT2D eigenvalue weighted by molar-refractivity contribution is 7.22. The number of nitrogen functional groups attached to an aromatic ring is 1. The summed E-state index contributed by atoms with van der Waals surface area (Å²) in [5.74, 6) is 0.0976. The first-order chi connectivity index (χ1) is 10.1. The van der Waals surface area contributed by atoms with Crippen LogP contribution in [-0.2, 0) is 0 Å². The average molecular weight is 296 g/mol. The van der Waals surface area contributed by atoms with Gasteiger partial charge in [0, 0.05) is 11.8 Å². The number of aromatic nitrogens is 2. The Balaban J connectivity index is 2.05. The Morgan fingerprint density at radius 1 is 1.14 bits per heavy atom. The van der Waals surface area contributed by atoms with Crippen LogP contribution in [-0.4, -0.2) is 21.6 Å². The van der Waals surface area contributed by atoms with E-state index < -0.39 is 0 Å². The lowest BCUT2D eigenvalue weighted by Gasteiger charge is -2.05. The third kappa shape index (κ3) is 2.59. The first kappa shape index (κ1) is 13.2. The molecule has 0 saturated heterocycles. The van der Waals surface area contributed by atoms with Crippen molar-refractivity contribution in [3.8, 4) is 0 Å². The summed E-state index contributed by atoms with van der Waals surface area (Å²) in [6.07, 6.45) is 1.56. The topological polar surface area (TPSA) is 114 Å². The van der Waals surface area contributed by atoms with E-state index in [1.807, 2.05) is 24.3 Å². The first-order valence-electron chi connectivity index (χ1n) is 6.14. The summed E-state index contributed by atoms with van der Waals surface area (Å²) in [5, 5.41) is 8.09. The standard InChI is InChI=1S/C14H12N6S/c15-12(16)11-8(4-3-7-18-11)13(17)20-14-19-9-5-1-2-6-10(9)21-14/h1-7H,(H3,15,16)(H2,17,19,20). The molecule has 21 heavy (non-hydrogen) atoms. The van der Waals surface area contributed by atoms with Crippen molar-refractivity contribution in [2.45, 2.75) is 0 Å². The van der Waals surface area contributed by atoms with Crippen molar-refractivity contribution >= 4 is 38.4 Å². The number of rotatable bonds is 3. The predicted molar refractivity (Wildman–Crippen MR) is 85.3 cm³/mol. The van der Waals surface area contributed by atoms with Crippen LogP contribution in [0.2, 0.25) is 0 Å². The van der Waals surface area contributed by atoms with Crippen molar-refractivity contribution in [2.75, 3.05) is 0 Å². The highest BCUT2D eigenvalue weighted by Gasteiger charge is 2.11. The first-order valence-corrected chi connectivity index (χ1v) is 6.96. The molecule has 6 nitrogen and oxygen atoms in total. The molecule has 3 aromatic rings. The third-order valence-corrected chi connectivity index (χ3v) is 3.77. The number of nitrogens with two attached hydrogens (primary N) is 2. The normalized spacial score (nSPS) is 11.7. The Labute approximate surface area is 124 Å². The highest BCUT2D eigenvalue weighted by Crippen LogP contribution is 2.27. The van der Waals surface area contributed by atoms with Gasteiger partial charge in [0.15, 0.2) is 0 Å². The van der Waals surface area contributed by atoms with Crippen LogP contribution in [0.4, 0.5) is 5.13 Å². The second-order valence-electron chi connectivity index (χ2n) is 4.27. The predicted octanol–water partition coefficient (Wildman–Crippen LogP) is 2.01. The van der Waals surface area contributed by atoms with E-state index in [0.717, 1.165) is 10.2 Å². The van der Waals surface area contributed by atoms with Gasteiger partial charge in [0.25, 0.3) is 0 Å². The number of nitrogens with zero attached hydrogens (tertiary/aromatic N) is 3. The zero-order chi connectivity index (χ0) is 14.8. The van der Waals surface area contributed by atoms with E-state index in [2.05, 4.69) is 15.0 Å². The van der Waals surface area contributed by atoms with Crippen molar-refractivity contribution in [3.05, 3.63) is 53.9 Å². The minimum absolute atomic E-state index is 0.145. The van der Waals surface area contributed by atoms with Crippen LogP contribution < -0.4 is 11.5 Å². The molecule has 0 atom stereocenters. The quantitative estimate of drug-likeness (QED) is 0.506. The van der Waals surface area contributed by atoms with Gasteiger partial charge in [0.05, 0.1) is 10.2 Å². The zero-order valence-corrected chi connectivity index (χ0v) is 11.8. The maximum atomic E-state index is 7.53. The molecule has 2 aromatic heterocycles. The number of amidine groups is 2. The molecule has 2 heterocycles. The molecule has 0 saturated carbocycles. The molecule has 0 aliphatic rings. The van der Waals surface area contributed by atoms with Crippen LogP contribution in [0.25, 0.3) is 10.2 Å². The molecule has 0 amide bonds. The summed E-state index contributed by atoms with van der Waals surface area (Å²) < 4.78 is 1.04. The number of pyridine rings is 1. The van der Waals surface area contributed by atoms with Gasteiger partial charge in [-0.2, -0.15) is 0 Å². The van der Waals surface area contributed by atoms with Gasteiger partial charge < -0.3 is 11.5 Å². The molecule has 7 heteroatoms. The van der Waals surface area contributed by atoms with E-state index in [-0.39, 0.29) is 11.7 Å². The van der Waals surface area contributed by atoms with Crippen LogP contribution in [0.15, 0.2) is 47.6 Å². The van der Waals surface area contributed by atoms with E-state index in [1.54, 1.807) is 18.3 Å². The number of hydrogen-bond acceptors (Lipinski definition) is 5. The number of nitrogens with one attached hydrogen (secondary N) is 1. The Hall–Kier alpha value is -2.80. The lowest BCUT2D eigenvalue weighted by atomic mass is 10.1. The van der Waals surface area contributed by atoms with Gasteiger partial charge in [0.1, 0.15) is 17.4 Å². The lowest BCUT2D eigenvalue weighted by molar-refractivity contribution is 1.23. The number of aliphatic imine (C=N–C) groups is 1. The number of benzene rings is 1. The van der Waals surface area contributed by atoms with Crippen LogP contribution in [0.5, 0.6) is 0 Å². The number of thiazole rings is 1. The monoisotopic (exact) mass is 296 g/mol. The molecular weight excluding hydrogens is 284 g/mol. The average Bonchev–Trinajstić information content (AvgIpc) is 2.89. The second-order valence-corrected chi connectivity index (χ2v) is 5.28. The van der Waals surface area contributed by atoms with E-state index in [9.17, 15) is 0 Å². The molecule has 5 N–H and O–H groups in total. The molecule has 0 aliphatic heterocycles. The molecule has 0 aliphatic carbocycles. The fraction of sp³-hybridized carbons (Fsp3) is 0. The summed E-state index contributed by atoms with van der Waals surface area (Å²) in [7, 11) is 0. The molecular formula is C14H12N6S. The van der Waals surface area contributed by atoms with Crippen LogP contribution in [0.1, 0.15) is 11.3 Å². The third-order valence-electron chi connectivity index (χ3n) is 2.84. The minimum Gasteiger partial charge on any atom is -0.383 e. The maximum Gasteiger partial charge on any atom is 0.212 e. The van der Waals surface area contributed by atoms with Crippen LogP contribution in [0, 0.1) is 5.41 Å². The maximum absolute atomic E-state index is 7.53. The molecule has 0 fully saturated rings. The molecule has 0 spiro atoms. The molecule has 0 bridgehead atoms. The van der Waals surface area contributed by atoms with E-state index in [1.165, 1.54) is 11.3 Å². The zero-order valence-electron chi connectivity index (χ0n) is 10.9. The Bertz CT molecular complexity index is 818. The smallest absolute Gasteiger partial charge is 0.212 e. The molecule has 1 aromatic carbocycles. The molecule has 104 valence electrons. The summed E-state index contributed by atoms with van der Waals surface area (Å²) in [6, 6.07) is 11.2. The molecule has 0 radical (unpaired) electrons. The summed E-state index contributed by atoms with van der Waals surface area (Å²) in [6.45, 7) is 0. The Morgan fingerprint density at radius 2 is 1.95 bits per heavy atom. The molecule has 0 unspecified atom stereocenters. The van der Waals surface area contributed by atoms with Crippen molar-refractivity contribution in [2.24, 2.45) is 16.5 Å². The van der Waals surface area contributed by atoms with E-state index >= 15 is 0 Å². The largest absolute Gasteiger partial charge is 0.383 e. The van der Waals surface area contributed by atoms with Gasteiger partial charge in [-0.15, -0.1) is 0 Å². The number of hydrogen-bond donors (Lipinski definition) is 3. The van der Waals surface area contributed by atoms with E-state index in [0.29, 0.717) is 16.4 Å². The van der Waals surface area contributed by atoms with Crippen molar-refractivity contribution in [1.29, 1.82) is 5.41 Å². The summed E-state index contributed by atoms with van der Waals surface area (Å²) >= 11 is 1.45. The van der Waals surface area contributed by atoms with Crippen LogP contribution >= 0.6 is 11.3 Å². The minimum atomic E-state index is -0.145. The SMILES string of the molecule is N=C(N)c1ncccc1/C(N)=N/c1nc2ccccc2s1. The van der Waals surface area contributed by atoms with Gasteiger partial charge in [-0.25, -0.2) is 9.98 Å². The highest BCUT2D eigenvalue weighted by atomic mass is 32.1. The fourth-order valence-electron chi connectivity index (χ4n) is 1.90. The number of para-hydroxylation sites is 1.